The van der Waals surface area contributed by atoms with E-state index in [2.05, 4.69) is 12.1 Å². The zero-order valence-electron chi connectivity index (χ0n) is 18.1. The number of fused-ring (bicyclic) bond motifs is 1. The molecule has 3 rings (SSSR count). The summed E-state index contributed by atoms with van der Waals surface area (Å²) in [6.07, 6.45) is 4.30. The van der Waals surface area contributed by atoms with Gasteiger partial charge in [-0.2, -0.15) is 13.2 Å². The van der Waals surface area contributed by atoms with Crippen molar-refractivity contribution >= 4 is 5.97 Å². The van der Waals surface area contributed by atoms with E-state index in [4.69, 9.17) is 4.98 Å². The van der Waals surface area contributed by atoms with Crippen molar-refractivity contribution in [2.75, 3.05) is 0 Å². The minimum Gasteiger partial charge on any atom is -0.481 e. The zero-order valence-corrected chi connectivity index (χ0v) is 18.1. The van der Waals surface area contributed by atoms with Crippen LogP contribution >= 0.6 is 0 Å². The Labute approximate surface area is 185 Å². The van der Waals surface area contributed by atoms with Gasteiger partial charge in [-0.3, -0.25) is 9.78 Å². The van der Waals surface area contributed by atoms with Crippen LogP contribution in [0, 0.1) is 5.82 Å². The largest absolute Gasteiger partial charge is 0.481 e. The van der Waals surface area contributed by atoms with Crippen molar-refractivity contribution in [3.8, 4) is 0 Å². The molecule has 174 valence electrons. The van der Waals surface area contributed by atoms with E-state index in [1.54, 1.807) is 0 Å². The Morgan fingerprint density at radius 1 is 1.03 bits per heavy atom. The van der Waals surface area contributed by atoms with Gasteiger partial charge in [-0.05, 0) is 80.2 Å². The maximum atomic E-state index is 13.6. The number of hydrogen-bond acceptors (Lipinski definition) is 2. The van der Waals surface area contributed by atoms with Gasteiger partial charge in [0.15, 0.2) is 0 Å². The lowest BCUT2D eigenvalue weighted by molar-refractivity contribution is -0.140. The first-order valence-corrected chi connectivity index (χ1v) is 11.3. The van der Waals surface area contributed by atoms with Gasteiger partial charge in [-0.15, -0.1) is 0 Å². The molecule has 1 N–H and O–H groups in total. The molecule has 0 aliphatic heterocycles. The molecule has 1 aliphatic rings. The van der Waals surface area contributed by atoms with Gasteiger partial charge in [0.25, 0.3) is 0 Å². The van der Waals surface area contributed by atoms with E-state index >= 15 is 0 Å². The molecule has 0 spiro atoms. The molecule has 1 heterocycles. The predicted molar refractivity (Wildman–Crippen MR) is 114 cm³/mol. The Hall–Kier alpha value is -2.44. The maximum absolute atomic E-state index is 13.6. The first-order valence-electron chi connectivity index (χ1n) is 11.3. The van der Waals surface area contributed by atoms with Crippen molar-refractivity contribution in [3.05, 3.63) is 64.2 Å². The summed E-state index contributed by atoms with van der Waals surface area (Å²) < 4.78 is 52.6. The number of hydrogen-bond donors (Lipinski definition) is 1. The number of halogens is 4. The summed E-state index contributed by atoms with van der Waals surface area (Å²) in [4.78, 5) is 16.0. The fourth-order valence-electron chi connectivity index (χ4n) is 4.43. The van der Waals surface area contributed by atoms with Crippen molar-refractivity contribution in [1.82, 2.24) is 4.98 Å². The van der Waals surface area contributed by atoms with Crippen LogP contribution in [0.15, 0.2) is 30.3 Å². The van der Waals surface area contributed by atoms with Gasteiger partial charge in [0, 0.05) is 11.4 Å². The summed E-state index contributed by atoms with van der Waals surface area (Å²) in [5, 5.41) is 9.18. The minimum absolute atomic E-state index is 0.222. The van der Waals surface area contributed by atoms with Crippen molar-refractivity contribution < 1.29 is 27.5 Å². The smallest absolute Gasteiger partial charge is 0.419 e. The SMILES string of the molecule is O=C(O)C[C@H](CCCCCCc1ccc2c(n1)CCCC2)c1ccc(F)c(C(F)(F)F)c1. The van der Waals surface area contributed by atoms with Gasteiger partial charge in [0.1, 0.15) is 5.82 Å². The third-order valence-electron chi connectivity index (χ3n) is 6.16. The molecule has 0 saturated carbocycles. The Morgan fingerprint density at radius 2 is 1.78 bits per heavy atom. The number of carboxylic acid groups (broad SMARTS) is 1. The lowest BCUT2D eigenvalue weighted by atomic mass is 9.89. The first-order chi connectivity index (χ1) is 15.2. The average molecular weight is 452 g/mol. The summed E-state index contributed by atoms with van der Waals surface area (Å²) in [6.45, 7) is 0. The Morgan fingerprint density at radius 3 is 2.53 bits per heavy atom. The topological polar surface area (TPSA) is 50.2 Å². The Bertz CT molecular complexity index is 927. The monoisotopic (exact) mass is 451 g/mol. The van der Waals surface area contributed by atoms with Crippen LogP contribution in [0.4, 0.5) is 17.6 Å². The Kier molecular flexibility index (Phi) is 8.26. The van der Waals surface area contributed by atoms with Crippen LogP contribution in [0.1, 0.15) is 85.4 Å². The molecule has 1 aromatic carbocycles. The molecule has 1 atom stereocenters. The van der Waals surface area contributed by atoms with Crippen molar-refractivity contribution in [2.45, 2.75) is 82.7 Å². The fourth-order valence-corrected chi connectivity index (χ4v) is 4.43. The lowest BCUT2D eigenvalue weighted by Crippen LogP contribution is -2.12. The molecular formula is C25H29F4NO2. The second kappa shape index (κ2) is 10.9. The molecule has 3 nitrogen and oxygen atoms in total. The van der Waals surface area contributed by atoms with Gasteiger partial charge in [0.05, 0.1) is 12.0 Å². The molecule has 0 radical (unpaired) electrons. The third-order valence-corrected chi connectivity index (χ3v) is 6.16. The number of aromatic nitrogens is 1. The number of aryl methyl sites for hydroxylation is 3. The number of aliphatic carboxylic acids is 1. The average Bonchev–Trinajstić information content (AvgIpc) is 2.74. The van der Waals surface area contributed by atoms with Crippen molar-refractivity contribution in [3.63, 3.8) is 0 Å². The highest BCUT2D eigenvalue weighted by Crippen LogP contribution is 2.35. The van der Waals surface area contributed by atoms with Crippen LogP contribution < -0.4 is 0 Å². The van der Waals surface area contributed by atoms with Crippen molar-refractivity contribution in [1.29, 1.82) is 0 Å². The van der Waals surface area contributed by atoms with Crippen LogP contribution in [-0.2, 0) is 30.2 Å². The van der Waals surface area contributed by atoms with E-state index in [1.807, 2.05) is 0 Å². The number of carbonyl (C=O) groups is 1. The highest BCUT2D eigenvalue weighted by molar-refractivity contribution is 5.68. The molecule has 1 aliphatic carbocycles. The molecule has 2 aromatic rings. The number of pyridine rings is 1. The lowest BCUT2D eigenvalue weighted by Gasteiger charge is -2.18. The summed E-state index contributed by atoms with van der Waals surface area (Å²) >= 11 is 0. The van der Waals surface area contributed by atoms with E-state index in [1.165, 1.54) is 30.2 Å². The number of alkyl halides is 3. The highest BCUT2D eigenvalue weighted by atomic mass is 19.4. The molecule has 0 saturated heterocycles. The van der Waals surface area contributed by atoms with Crippen LogP contribution in [0.5, 0.6) is 0 Å². The number of nitrogens with zero attached hydrogens (tertiary/aromatic N) is 1. The fraction of sp³-hybridized carbons (Fsp3) is 0.520. The molecule has 0 bridgehead atoms. The van der Waals surface area contributed by atoms with E-state index in [-0.39, 0.29) is 12.0 Å². The second-order valence-corrected chi connectivity index (χ2v) is 8.60. The standard InChI is InChI=1S/C25H29F4NO2/c26-22-14-12-19(15-21(22)25(27,28)29)18(16-24(31)32)8-3-1-2-4-9-20-13-11-17-7-5-6-10-23(17)30-20/h11-15,18H,1-10,16H2,(H,31,32)/t18-/m0/s1. The molecule has 0 unspecified atom stereocenters. The Balaban J connectivity index is 1.49. The predicted octanol–water partition coefficient (Wildman–Crippen LogP) is 6.87. The van der Waals surface area contributed by atoms with Gasteiger partial charge in [-0.1, -0.05) is 31.4 Å². The summed E-state index contributed by atoms with van der Waals surface area (Å²) in [5.74, 6) is -2.99. The highest BCUT2D eigenvalue weighted by Gasteiger charge is 2.34. The van der Waals surface area contributed by atoms with Gasteiger partial charge < -0.3 is 5.11 Å². The van der Waals surface area contributed by atoms with Crippen LogP contribution in [-0.4, -0.2) is 16.1 Å². The van der Waals surface area contributed by atoms with Crippen LogP contribution in [0.3, 0.4) is 0 Å². The molecule has 0 amide bonds. The molecule has 7 heteroatoms. The van der Waals surface area contributed by atoms with Crippen molar-refractivity contribution in [2.24, 2.45) is 0 Å². The van der Waals surface area contributed by atoms with E-state index in [9.17, 15) is 27.5 Å². The maximum Gasteiger partial charge on any atom is 0.419 e. The zero-order chi connectivity index (χ0) is 23.1. The summed E-state index contributed by atoms with van der Waals surface area (Å²) in [7, 11) is 0. The second-order valence-electron chi connectivity index (χ2n) is 8.60. The van der Waals surface area contributed by atoms with E-state index in [0.717, 1.165) is 56.4 Å². The normalized spacial score (nSPS) is 14.8. The first kappa shape index (κ1) is 24.2. The van der Waals surface area contributed by atoms with Gasteiger partial charge in [-0.25, -0.2) is 4.39 Å². The number of rotatable bonds is 10. The number of benzene rings is 1. The third kappa shape index (κ3) is 6.78. The van der Waals surface area contributed by atoms with E-state index < -0.39 is 29.4 Å². The van der Waals surface area contributed by atoms with Gasteiger partial charge in [0.2, 0.25) is 0 Å². The quantitative estimate of drug-likeness (QED) is 0.317. The minimum atomic E-state index is -4.81. The van der Waals surface area contributed by atoms with Crippen LogP contribution in [0.25, 0.3) is 0 Å². The molecular weight excluding hydrogens is 422 g/mol. The molecule has 1 aromatic heterocycles. The summed E-state index contributed by atoms with van der Waals surface area (Å²) in [5.41, 5.74) is 2.56. The van der Waals surface area contributed by atoms with Gasteiger partial charge >= 0.3 is 12.1 Å². The molecule has 32 heavy (non-hydrogen) atoms. The molecule has 0 fully saturated rings. The van der Waals surface area contributed by atoms with Crippen LogP contribution in [0.2, 0.25) is 0 Å². The van der Waals surface area contributed by atoms with E-state index in [0.29, 0.717) is 12.8 Å². The number of carboxylic acids is 1. The summed E-state index contributed by atoms with van der Waals surface area (Å²) in [6, 6.07) is 7.08. The number of unbranched alkanes of at least 4 members (excludes halogenated alkanes) is 3.